The Labute approximate surface area is 122 Å². The van der Waals surface area contributed by atoms with Crippen LogP contribution in [0.15, 0.2) is 22.4 Å². The monoisotopic (exact) mass is 292 g/mol. The molecule has 1 N–H and O–H groups in total. The molecule has 1 saturated heterocycles. The van der Waals surface area contributed by atoms with Crippen LogP contribution < -0.4 is 10.9 Å². The number of aromatic nitrogens is 2. The van der Waals surface area contributed by atoms with Crippen molar-refractivity contribution in [1.29, 1.82) is 0 Å². The number of hydrogen-bond acceptors (Lipinski definition) is 5. The summed E-state index contributed by atoms with van der Waals surface area (Å²) >= 11 is 1.51. The second kappa shape index (κ2) is 6.03. The van der Waals surface area contributed by atoms with Crippen LogP contribution in [0, 0.1) is 0 Å². The fraction of sp³-hybridized carbons (Fsp3) is 0.571. The maximum Gasteiger partial charge on any atom is 0.258 e. The molecule has 0 unspecified atom stereocenters. The van der Waals surface area contributed by atoms with Gasteiger partial charge in [-0.3, -0.25) is 14.1 Å². The van der Waals surface area contributed by atoms with E-state index in [1.165, 1.54) is 24.2 Å². The minimum atomic E-state index is 0.0209. The summed E-state index contributed by atoms with van der Waals surface area (Å²) in [4.78, 5) is 19.8. The highest BCUT2D eigenvalue weighted by Gasteiger charge is 2.20. The average Bonchev–Trinajstić information content (AvgIpc) is 2.94. The molecule has 0 saturated carbocycles. The van der Waals surface area contributed by atoms with Gasteiger partial charge in [0.15, 0.2) is 4.96 Å². The predicted molar refractivity (Wildman–Crippen MR) is 81.3 cm³/mol. The van der Waals surface area contributed by atoms with E-state index in [4.69, 9.17) is 0 Å². The highest BCUT2D eigenvalue weighted by molar-refractivity contribution is 7.15. The summed E-state index contributed by atoms with van der Waals surface area (Å²) in [5, 5.41) is 5.29. The van der Waals surface area contributed by atoms with E-state index in [1.54, 1.807) is 16.7 Å². The van der Waals surface area contributed by atoms with Crippen molar-refractivity contribution >= 4 is 16.3 Å². The van der Waals surface area contributed by atoms with E-state index >= 15 is 0 Å². The van der Waals surface area contributed by atoms with E-state index in [0.29, 0.717) is 6.04 Å². The number of piperidine rings is 1. The van der Waals surface area contributed by atoms with Gasteiger partial charge in [0.1, 0.15) is 0 Å². The summed E-state index contributed by atoms with van der Waals surface area (Å²) in [6, 6.07) is 2.27. The molecule has 0 spiro atoms. The molecule has 3 rings (SSSR count). The fourth-order valence-corrected chi connectivity index (χ4v) is 3.59. The van der Waals surface area contributed by atoms with Gasteiger partial charge < -0.3 is 5.32 Å². The van der Waals surface area contributed by atoms with Crippen LogP contribution in [-0.4, -0.2) is 40.0 Å². The van der Waals surface area contributed by atoms with Crippen LogP contribution in [0.1, 0.15) is 25.5 Å². The molecule has 3 heterocycles. The molecule has 0 bridgehead atoms. The molecule has 0 radical (unpaired) electrons. The molecule has 0 aromatic carbocycles. The van der Waals surface area contributed by atoms with E-state index in [0.717, 1.165) is 36.8 Å². The van der Waals surface area contributed by atoms with Crippen LogP contribution in [0.3, 0.4) is 0 Å². The summed E-state index contributed by atoms with van der Waals surface area (Å²) in [5.74, 6) is 0. The van der Waals surface area contributed by atoms with Crippen LogP contribution >= 0.6 is 11.3 Å². The molecule has 0 amide bonds. The molecule has 2 aromatic heterocycles. The van der Waals surface area contributed by atoms with E-state index in [-0.39, 0.29) is 5.56 Å². The summed E-state index contributed by atoms with van der Waals surface area (Å²) in [5.41, 5.74) is 0.908. The van der Waals surface area contributed by atoms with Gasteiger partial charge in [-0.1, -0.05) is 6.92 Å². The van der Waals surface area contributed by atoms with E-state index in [1.807, 2.05) is 5.38 Å². The van der Waals surface area contributed by atoms with Gasteiger partial charge in [-0.15, -0.1) is 11.3 Å². The van der Waals surface area contributed by atoms with Crippen LogP contribution in [0.5, 0.6) is 0 Å². The maximum absolute atomic E-state index is 12.0. The smallest absolute Gasteiger partial charge is 0.258 e. The standard InChI is InChI=1S/C14H20N4OS/c1-2-17(12-3-5-15-6-4-12)10-11-9-13(19)18-7-8-20-14(18)16-11/h7-9,12,15H,2-6,10H2,1H3. The number of thiazole rings is 1. The Balaban J connectivity index is 1.81. The maximum atomic E-state index is 12.0. The van der Waals surface area contributed by atoms with Gasteiger partial charge in [0, 0.05) is 30.2 Å². The molecule has 6 heteroatoms. The Morgan fingerprint density at radius 2 is 2.30 bits per heavy atom. The lowest BCUT2D eigenvalue weighted by Crippen LogP contribution is -2.42. The molecule has 20 heavy (non-hydrogen) atoms. The molecular formula is C14H20N4OS. The van der Waals surface area contributed by atoms with E-state index in [9.17, 15) is 4.79 Å². The van der Waals surface area contributed by atoms with Gasteiger partial charge in [-0.05, 0) is 32.5 Å². The molecule has 1 aliphatic heterocycles. The second-order valence-electron chi connectivity index (χ2n) is 5.19. The van der Waals surface area contributed by atoms with Crippen molar-refractivity contribution in [3.05, 3.63) is 33.7 Å². The second-order valence-corrected chi connectivity index (χ2v) is 6.06. The van der Waals surface area contributed by atoms with Crippen molar-refractivity contribution < 1.29 is 0 Å². The molecule has 1 fully saturated rings. The zero-order valence-electron chi connectivity index (χ0n) is 11.7. The number of hydrogen-bond donors (Lipinski definition) is 1. The minimum Gasteiger partial charge on any atom is -0.317 e. The lowest BCUT2D eigenvalue weighted by molar-refractivity contribution is 0.160. The van der Waals surface area contributed by atoms with E-state index in [2.05, 4.69) is 22.1 Å². The average molecular weight is 292 g/mol. The van der Waals surface area contributed by atoms with Crippen LogP contribution in [0.4, 0.5) is 0 Å². The largest absolute Gasteiger partial charge is 0.317 e. The third kappa shape index (κ3) is 2.77. The molecule has 0 aliphatic carbocycles. The molecule has 5 nitrogen and oxygen atoms in total. The predicted octanol–water partition coefficient (Wildman–Crippen LogP) is 1.33. The summed E-state index contributed by atoms with van der Waals surface area (Å²) in [6.45, 7) is 6.11. The minimum absolute atomic E-state index is 0.0209. The lowest BCUT2D eigenvalue weighted by Gasteiger charge is -2.33. The third-order valence-corrected chi connectivity index (χ3v) is 4.71. The first-order chi connectivity index (χ1) is 9.78. The van der Waals surface area contributed by atoms with Crippen LogP contribution in [0.25, 0.3) is 4.96 Å². The fourth-order valence-electron chi connectivity index (χ4n) is 2.85. The Morgan fingerprint density at radius 1 is 1.50 bits per heavy atom. The number of fused-ring (bicyclic) bond motifs is 1. The molecule has 2 aromatic rings. The van der Waals surface area contributed by atoms with Gasteiger partial charge in [-0.25, -0.2) is 4.98 Å². The quantitative estimate of drug-likeness (QED) is 0.923. The van der Waals surface area contributed by atoms with Crippen molar-refractivity contribution in [2.24, 2.45) is 0 Å². The Hall–Kier alpha value is -1.24. The molecule has 108 valence electrons. The Morgan fingerprint density at radius 3 is 3.05 bits per heavy atom. The third-order valence-electron chi connectivity index (χ3n) is 3.95. The molecular weight excluding hydrogens is 272 g/mol. The van der Waals surface area contributed by atoms with Gasteiger partial charge >= 0.3 is 0 Å². The first-order valence-electron chi connectivity index (χ1n) is 7.18. The number of nitrogens with zero attached hydrogens (tertiary/aromatic N) is 3. The van der Waals surface area contributed by atoms with Crippen molar-refractivity contribution in [3.63, 3.8) is 0 Å². The normalized spacial score (nSPS) is 17.1. The van der Waals surface area contributed by atoms with Gasteiger partial charge in [0.25, 0.3) is 5.56 Å². The first kappa shape index (κ1) is 13.7. The highest BCUT2D eigenvalue weighted by atomic mass is 32.1. The van der Waals surface area contributed by atoms with Crippen molar-refractivity contribution in [2.45, 2.75) is 32.4 Å². The number of rotatable bonds is 4. The van der Waals surface area contributed by atoms with Crippen LogP contribution in [0.2, 0.25) is 0 Å². The highest BCUT2D eigenvalue weighted by Crippen LogP contribution is 2.15. The Kier molecular flexibility index (Phi) is 4.14. The van der Waals surface area contributed by atoms with Gasteiger partial charge in [-0.2, -0.15) is 0 Å². The van der Waals surface area contributed by atoms with Crippen molar-refractivity contribution in [1.82, 2.24) is 19.6 Å². The molecule has 0 atom stereocenters. The zero-order chi connectivity index (χ0) is 13.9. The van der Waals surface area contributed by atoms with Crippen molar-refractivity contribution in [3.8, 4) is 0 Å². The first-order valence-corrected chi connectivity index (χ1v) is 8.06. The van der Waals surface area contributed by atoms with Crippen LogP contribution in [-0.2, 0) is 6.54 Å². The van der Waals surface area contributed by atoms with Gasteiger partial charge in [0.2, 0.25) is 0 Å². The van der Waals surface area contributed by atoms with Crippen molar-refractivity contribution in [2.75, 3.05) is 19.6 Å². The number of nitrogens with one attached hydrogen (secondary N) is 1. The topological polar surface area (TPSA) is 49.6 Å². The summed E-state index contributed by atoms with van der Waals surface area (Å²) < 4.78 is 1.61. The zero-order valence-corrected chi connectivity index (χ0v) is 12.5. The van der Waals surface area contributed by atoms with Gasteiger partial charge in [0.05, 0.1) is 5.69 Å². The summed E-state index contributed by atoms with van der Waals surface area (Å²) in [7, 11) is 0. The van der Waals surface area contributed by atoms with E-state index < -0.39 is 0 Å². The Bertz CT molecular complexity index is 629. The summed E-state index contributed by atoms with van der Waals surface area (Å²) in [6.07, 6.45) is 4.13. The molecule has 1 aliphatic rings. The SMILES string of the molecule is CCN(Cc1cc(=O)n2ccsc2n1)C1CCNCC1. The lowest BCUT2D eigenvalue weighted by atomic mass is 10.0.